The van der Waals surface area contributed by atoms with E-state index in [0.29, 0.717) is 6.04 Å². The Morgan fingerprint density at radius 2 is 1.89 bits per heavy atom. The van der Waals surface area contributed by atoms with Gasteiger partial charge in [0, 0.05) is 19.6 Å². The molecule has 1 aliphatic carbocycles. The number of hydrogen-bond donors (Lipinski definition) is 1. The maximum absolute atomic E-state index is 5.86. The van der Waals surface area contributed by atoms with Crippen LogP contribution in [0.1, 0.15) is 49.9 Å². The normalized spacial score (nSPS) is 17.4. The van der Waals surface area contributed by atoms with E-state index < -0.39 is 0 Å². The molecule has 0 aromatic carbocycles. The summed E-state index contributed by atoms with van der Waals surface area (Å²) in [5.74, 6) is 0.949. The highest BCUT2D eigenvalue weighted by Gasteiger charge is 2.12. The summed E-state index contributed by atoms with van der Waals surface area (Å²) < 4.78 is 7.74. The van der Waals surface area contributed by atoms with Gasteiger partial charge in [0.15, 0.2) is 5.75 Å². The molecule has 4 heteroatoms. The van der Waals surface area contributed by atoms with Gasteiger partial charge in [0.05, 0.1) is 5.69 Å². The van der Waals surface area contributed by atoms with Crippen molar-refractivity contribution < 1.29 is 4.74 Å². The molecule has 1 aromatic heterocycles. The topological polar surface area (TPSA) is 39.1 Å². The zero-order valence-corrected chi connectivity index (χ0v) is 12.5. The van der Waals surface area contributed by atoms with Crippen molar-refractivity contribution in [1.29, 1.82) is 0 Å². The lowest BCUT2D eigenvalue weighted by Gasteiger charge is -2.16. The summed E-state index contributed by atoms with van der Waals surface area (Å²) in [5, 5.41) is 7.99. The van der Waals surface area contributed by atoms with E-state index >= 15 is 0 Å². The molecule has 1 aliphatic rings. The minimum atomic E-state index is 0.696. The lowest BCUT2D eigenvalue weighted by molar-refractivity contribution is 0.296. The average Bonchev–Trinajstić information content (AvgIpc) is 2.62. The van der Waals surface area contributed by atoms with Gasteiger partial charge in [-0.2, -0.15) is 5.10 Å². The Balaban J connectivity index is 1.71. The summed E-state index contributed by atoms with van der Waals surface area (Å²) in [6, 6.07) is 0.696. The van der Waals surface area contributed by atoms with E-state index in [9.17, 15) is 0 Å². The fraction of sp³-hybridized carbons (Fsp3) is 0.800. The molecule has 0 atom stereocenters. The highest BCUT2D eigenvalue weighted by molar-refractivity contribution is 5.31. The minimum Gasteiger partial charge on any atom is -0.488 e. The third-order valence-corrected chi connectivity index (χ3v) is 4.08. The van der Waals surface area contributed by atoms with Crippen LogP contribution in [0.5, 0.6) is 5.75 Å². The van der Waals surface area contributed by atoms with Crippen LogP contribution in [-0.2, 0) is 7.05 Å². The largest absolute Gasteiger partial charge is 0.488 e. The van der Waals surface area contributed by atoms with Gasteiger partial charge in [-0.15, -0.1) is 0 Å². The van der Waals surface area contributed by atoms with Crippen molar-refractivity contribution >= 4 is 0 Å². The second-order valence-electron chi connectivity index (χ2n) is 5.61. The molecule has 0 amide bonds. The van der Waals surface area contributed by atoms with Gasteiger partial charge in [-0.1, -0.05) is 25.7 Å². The number of nitrogens with one attached hydrogen (secondary N) is 1. The van der Waals surface area contributed by atoms with Crippen molar-refractivity contribution in [3.63, 3.8) is 0 Å². The summed E-state index contributed by atoms with van der Waals surface area (Å²) >= 11 is 0. The SMILES string of the molecule is Cc1nn(C)c(C)c1OCCNC1CCCCCC1. The molecule has 108 valence electrons. The molecular weight excluding hydrogens is 238 g/mol. The van der Waals surface area contributed by atoms with Crippen LogP contribution in [0.25, 0.3) is 0 Å². The number of nitrogens with zero attached hydrogens (tertiary/aromatic N) is 2. The predicted molar refractivity (Wildman–Crippen MR) is 77.7 cm³/mol. The second kappa shape index (κ2) is 6.94. The van der Waals surface area contributed by atoms with Crippen molar-refractivity contribution in [3.8, 4) is 5.75 Å². The summed E-state index contributed by atoms with van der Waals surface area (Å²) in [4.78, 5) is 0. The van der Waals surface area contributed by atoms with E-state index in [1.807, 2.05) is 25.6 Å². The Bertz CT molecular complexity index is 392. The van der Waals surface area contributed by atoms with Crippen molar-refractivity contribution in [2.75, 3.05) is 13.2 Å². The van der Waals surface area contributed by atoms with E-state index in [1.54, 1.807) is 0 Å². The number of aromatic nitrogens is 2. The third kappa shape index (κ3) is 3.96. The number of aryl methyl sites for hydroxylation is 2. The smallest absolute Gasteiger partial charge is 0.163 e. The molecule has 0 bridgehead atoms. The Morgan fingerprint density at radius 1 is 1.21 bits per heavy atom. The predicted octanol–water partition coefficient (Wildman–Crippen LogP) is 2.73. The van der Waals surface area contributed by atoms with E-state index in [4.69, 9.17) is 4.74 Å². The molecule has 0 saturated heterocycles. The summed E-state index contributed by atoms with van der Waals surface area (Å²) in [5.41, 5.74) is 2.08. The Kier molecular flexibility index (Phi) is 5.25. The lowest BCUT2D eigenvalue weighted by Crippen LogP contribution is -2.32. The van der Waals surface area contributed by atoms with E-state index in [1.165, 1.54) is 38.5 Å². The average molecular weight is 265 g/mol. The summed E-state index contributed by atoms with van der Waals surface area (Å²) in [7, 11) is 1.96. The standard InChI is InChI=1S/C15H27N3O/c1-12-15(13(2)18(3)17-12)19-11-10-16-14-8-6-4-5-7-9-14/h14,16H,4-11H2,1-3H3. The van der Waals surface area contributed by atoms with Gasteiger partial charge in [0.25, 0.3) is 0 Å². The van der Waals surface area contributed by atoms with E-state index in [0.717, 1.165) is 30.3 Å². The molecule has 1 saturated carbocycles. The number of hydrogen-bond acceptors (Lipinski definition) is 3. The van der Waals surface area contributed by atoms with Crippen LogP contribution in [-0.4, -0.2) is 29.0 Å². The fourth-order valence-electron chi connectivity index (χ4n) is 2.86. The van der Waals surface area contributed by atoms with Gasteiger partial charge in [-0.3, -0.25) is 4.68 Å². The number of rotatable bonds is 5. The quantitative estimate of drug-likeness (QED) is 0.657. The summed E-state index contributed by atoms with van der Waals surface area (Å²) in [6.45, 7) is 5.71. The third-order valence-electron chi connectivity index (χ3n) is 4.08. The van der Waals surface area contributed by atoms with Crippen LogP contribution in [0.15, 0.2) is 0 Å². The van der Waals surface area contributed by atoms with Gasteiger partial charge in [-0.25, -0.2) is 0 Å². The number of ether oxygens (including phenoxy) is 1. The lowest BCUT2D eigenvalue weighted by atomic mass is 10.1. The molecule has 0 unspecified atom stereocenters. The summed E-state index contributed by atoms with van der Waals surface area (Å²) in [6.07, 6.45) is 8.21. The maximum atomic E-state index is 5.86. The van der Waals surface area contributed by atoms with Crippen molar-refractivity contribution in [2.24, 2.45) is 7.05 Å². The first-order valence-electron chi connectivity index (χ1n) is 7.55. The molecule has 1 N–H and O–H groups in total. The molecular formula is C15H27N3O. The van der Waals surface area contributed by atoms with Crippen LogP contribution >= 0.6 is 0 Å². The first-order valence-corrected chi connectivity index (χ1v) is 7.55. The van der Waals surface area contributed by atoms with Gasteiger partial charge in [0.1, 0.15) is 12.3 Å². The van der Waals surface area contributed by atoms with Crippen LogP contribution < -0.4 is 10.1 Å². The van der Waals surface area contributed by atoms with Crippen LogP contribution in [0.3, 0.4) is 0 Å². The maximum Gasteiger partial charge on any atom is 0.163 e. The minimum absolute atomic E-state index is 0.696. The monoisotopic (exact) mass is 265 g/mol. The molecule has 1 fully saturated rings. The molecule has 0 aliphatic heterocycles. The zero-order valence-electron chi connectivity index (χ0n) is 12.5. The highest BCUT2D eigenvalue weighted by Crippen LogP contribution is 2.21. The Labute approximate surface area is 116 Å². The molecule has 19 heavy (non-hydrogen) atoms. The Morgan fingerprint density at radius 3 is 2.47 bits per heavy atom. The first-order chi connectivity index (χ1) is 9.18. The zero-order chi connectivity index (χ0) is 13.7. The van der Waals surface area contributed by atoms with Gasteiger partial charge in [0.2, 0.25) is 0 Å². The van der Waals surface area contributed by atoms with Gasteiger partial charge in [-0.05, 0) is 26.7 Å². The van der Waals surface area contributed by atoms with Crippen LogP contribution in [0, 0.1) is 13.8 Å². The van der Waals surface area contributed by atoms with Gasteiger partial charge >= 0.3 is 0 Å². The van der Waals surface area contributed by atoms with Crippen molar-refractivity contribution in [2.45, 2.75) is 58.4 Å². The van der Waals surface area contributed by atoms with Crippen molar-refractivity contribution in [3.05, 3.63) is 11.4 Å². The van der Waals surface area contributed by atoms with Crippen LogP contribution in [0.2, 0.25) is 0 Å². The van der Waals surface area contributed by atoms with Crippen molar-refractivity contribution in [1.82, 2.24) is 15.1 Å². The van der Waals surface area contributed by atoms with E-state index in [2.05, 4.69) is 10.4 Å². The molecule has 0 spiro atoms. The highest BCUT2D eigenvalue weighted by atomic mass is 16.5. The second-order valence-corrected chi connectivity index (χ2v) is 5.61. The Hall–Kier alpha value is -1.03. The van der Waals surface area contributed by atoms with Crippen LogP contribution in [0.4, 0.5) is 0 Å². The molecule has 1 aromatic rings. The van der Waals surface area contributed by atoms with E-state index in [-0.39, 0.29) is 0 Å². The molecule has 1 heterocycles. The fourth-order valence-corrected chi connectivity index (χ4v) is 2.86. The molecule has 4 nitrogen and oxygen atoms in total. The van der Waals surface area contributed by atoms with Gasteiger partial charge < -0.3 is 10.1 Å². The molecule has 0 radical (unpaired) electrons. The molecule has 2 rings (SSSR count). The first kappa shape index (κ1) is 14.4.